The number of fused-ring (bicyclic) bond motifs is 1. The molecule has 0 bridgehead atoms. The maximum absolute atomic E-state index is 11.9. The fourth-order valence-corrected chi connectivity index (χ4v) is 2.10. The van der Waals surface area contributed by atoms with Crippen molar-refractivity contribution in [2.24, 2.45) is 0 Å². The lowest BCUT2D eigenvalue weighted by molar-refractivity contribution is -0.110. The minimum absolute atomic E-state index is 0.115. The zero-order chi connectivity index (χ0) is 12.5. The van der Waals surface area contributed by atoms with E-state index in [2.05, 4.69) is 10.3 Å². The predicted octanol–water partition coefficient (Wildman–Crippen LogP) is 3.23. The van der Waals surface area contributed by atoms with E-state index in [0.29, 0.717) is 10.6 Å². The Bertz CT molecular complexity index is 650. The summed E-state index contributed by atoms with van der Waals surface area (Å²) in [5, 5.41) is 3.42. The molecule has 88 valence electrons. The van der Waals surface area contributed by atoms with Gasteiger partial charge < -0.3 is 5.32 Å². The first-order chi connectivity index (χ1) is 8.74. The van der Waals surface area contributed by atoms with Crippen molar-refractivity contribution in [3.8, 4) is 0 Å². The van der Waals surface area contributed by atoms with Crippen LogP contribution < -0.4 is 5.32 Å². The highest BCUT2D eigenvalue weighted by molar-refractivity contribution is 6.36. The van der Waals surface area contributed by atoms with Crippen LogP contribution in [-0.4, -0.2) is 10.9 Å². The molecule has 2 aromatic rings. The molecule has 3 nitrogen and oxygen atoms in total. The smallest absolute Gasteiger partial charge is 0.256 e. The van der Waals surface area contributed by atoms with Gasteiger partial charge in [-0.3, -0.25) is 9.78 Å². The SMILES string of the molecule is O=C1Nc2ccc(Cl)cc2C1=Cc1cccnc1. The minimum atomic E-state index is -0.115. The van der Waals surface area contributed by atoms with Crippen LogP contribution in [0.25, 0.3) is 11.6 Å². The lowest BCUT2D eigenvalue weighted by Crippen LogP contribution is -2.03. The summed E-state index contributed by atoms with van der Waals surface area (Å²) >= 11 is 5.96. The van der Waals surface area contributed by atoms with Crippen LogP contribution in [0.2, 0.25) is 5.02 Å². The van der Waals surface area contributed by atoms with Crippen molar-refractivity contribution in [1.82, 2.24) is 4.98 Å². The highest BCUT2D eigenvalue weighted by Crippen LogP contribution is 2.34. The highest BCUT2D eigenvalue weighted by atomic mass is 35.5. The van der Waals surface area contributed by atoms with E-state index in [1.165, 1.54) is 0 Å². The first-order valence-corrected chi connectivity index (χ1v) is 5.85. The van der Waals surface area contributed by atoms with Gasteiger partial charge >= 0.3 is 0 Å². The number of nitrogens with one attached hydrogen (secondary N) is 1. The number of aromatic nitrogens is 1. The molecule has 0 aliphatic carbocycles. The van der Waals surface area contributed by atoms with Gasteiger partial charge in [0, 0.05) is 34.2 Å². The molecular weight excluding hydrogens is 248 g/mol. The summed E-state index contributed by atoms with van der Waals surface area (Å²) in [6, 6.07) is 9.08. The summed E-state index contributed by atoms with van der Waals surface area (Å²) in [6.07, 6.45) is 5.22. The summed E-state index contributed by atoms with van der Waals surface area (Å²) in [4.78, 5) is 15.9. The molecule has 1 aliphatic rings. The third kappa shape index (κ3) is 1.89. The number of hydrogen-bond donors (Lipinski definition) is 1. The van der Waals surface area contributed by atoms with Gasteiger partial charge in [0.15, 0.2) is 0 Å². The first kappa shape index (κ1) is 11.0. The van der Waals surface area contributed by atoms with E-state index in [0.717, 1.165) is 16.8 Å². The van der Waals surface area contributed by atoms with E-state index in [4.69, 9.17) is 11.6 Å². The van der Waals surface area contributed by atoms with Gasteiger partial charge in [0.2, 0.25) is 0 Å². The van der Waals surface area contributed by atoms with E-state index >= 15 is 0 Å². The van der Waals surface area contributed by atoms with E-state index in [9.17, 15) is 4.79 Å². The van der Waals surface area contributed by atoms with Crippen LogP contribution in [0.5, 0.6) is 0 Å². The third-order valence-corrected chi connectivity index (χ3v) is 3.00. The average molecular weight is 257 g/mol. The molecule has 1 aromatic carbocycles. The van der Waals surface area contributed by atoms with Gasteiger partial charge in [-0.15, -0.1) is 0 Å². The average Bonchev–Trinajstić information content (AvgIpc) is 2.67. The zero-order valence-corrected chi connectivity index (χ0v) is 10.1. The largest absolute Gasteiger partial charge is 0.321 e. The van der Waals surface area contributed by atoms with E-state index in [-0.39, 0.29) is 5.91 Å². The Morgan fingerprint density at radius 2 is 2.17 bits per heavy atom. The summed E-state index contributed by atoms with van der Waals surface area (Å²) in [5.41, 5.74) is 3.12. The Morgan fingerprint density at radius 3 is 2.94 bits per heavy atom. The number of amides is 1. The van der Waals surface area contributed by atoms with Gasteiger partial charge in [0.05, 0.1) is 0 Å². The fraction of sp³-hybridized carbons (Fsp3) is 0. The van der Waals surface area contributed by atoms with Gasteiger partial charge in [-0.2, -0.15) is 0 Å². The molecule has 1 amide bonds. The topological polar surface area (TPSA) is 42.0 Å². The standard InChI is InChI=1S/C14H9ClN2O/c15-10-3-4-13-11(7-10)12(14(18)17-13)6-9-2-1-5-16-8-9/h1-8H,(H,17,18). The number of carbonyl (C=O) groups excluding carboxylic acids is 1. The molecular formula is C14H9ClN2O. The molecule has 1 N–H and O–H groups in total. The minimum Gasteiger partial charge on any atom is -0.321 e. The summed E-state index contributed by atoms with van der Waals surface area (Å²) < 4.78 is 0. The lowest BCUT2D eigenvalue weighted by atomic mass is 10.0. The van der Waals surface area contributed by atoms with Crippen LogP contribution in [0.4, 0.5) is 5.69 Å². The first-order valence-electron chi connectivity index (χ1n) is 5.47. The molecule has 0 radical (unpaired) electrons. The Morgan fingerprint density at radius 1 is 1.28 bits per heavy atom. The predicted molar refractivity (Wildman–Crippen MR) is 72.2 cm³/mol. The number of rotatable bonds is 1. The van der Waals surface area contributed by atoms with Crippen molar-refractivity contribution in [1.29, 1.82) is 0 Å². The summed E-state index contributed by atoms with van der Waals surface area (Å²) in [5.74, 6) is -0.115. The number of carbonyl (C=O) groups is 1. The van der Waals surface area contributed by atoms with E-state index in [1.807, 2.05) is 18.2 Å². The molecule has 1 aromatic heterocycles. The fourth-order valence-electron chi connectivity index (χ4n) is 1.93. The van der Waals surface area contributed by atoms with Crippen molar-refractivity contribution in [3.63, 3.8) is 0 Å². The molecule has 0 unspecified atom stereocenters. The van der Waals surface area contributed by atoms with E-state index < -0.39 is 0 Å². The maximum atomic E-state index is 11.9. The molecule has 4 heteroatoms. The van der Waals surface area contributed by atoms with Crippen LogP contribution in [-0.2, 0) is 4.79 Å². The second-order valence-electron chi connectivity index (χ2n) is 3.99. The van der Waals surface area contributed by atoms with Gasteiger partial charge in [-0.05, 0) is 35.9 Å². The monoisotopic (exact) mass is 256 g/mol. The molecule has 0 saturated heterocycles. The molecule has 0 atom stereocenters. The van der Waals surface area contributed by atoms with E-state index in [1.54, 1.807) is 30.6 Å². The Hall–Kier alpha value is -2.13. The van der Waals surface area contributed by atoms with Gasteiger partial charge in [0.25, 0.3) is 5.91 Å². The third-order valence-electron chi connectivity index (χ3n) is 2.76. The van der Waals surface area contributed by atoms with Crippen molar-refractivity contribution >= 4 is 34.8 Å². The van der Waals surface area contributed by atoms with Crippen LogP contribution in [0.1, 0.15) is 11.1 Å². The van der Waals surface area contributed by atoms with Crippen LogP contribution >= 0.6 is 11.6 Å². The van der Waals surface area contributed by atoms with Crippen molar-refractivity contribution in [2.75, 3.05) is 5.32 Å². The van der Waals surface area contributed by atoms with Crippen LogP contribution in [0.15, 0.2) is 42.7 Å². The quantitative estimate of drug-likeness (QED) is 0.796. The molecule has 0 fully saturated rings. The number of nitrogens with zero attached hydrogens (tertiary/aromatic N) is 1. The number of hydrogen-bond acceptors (Lipinski definition) is 2. The van der Waals surface area contributed by atoms with Crippen molar-refractivity contribution in [2.45, 2.75) is 0 Å². The second kappa shape index (κ2) is 4.27. The summed E-state index contributed by atoms with van der Waals surface area (Å²) in [7, 11) is 0. The number of anilines is 1. The van der Waals surface area contributed by atoms with Crippen LogP contribution in [0, 0.1) is 0 Å². The maximum Gasteiger partial charge on any atom is 0.256 e. The van der Waals surface area contributed by atoms with Gasteiger partial charge in [-0.25, -0.2) is 0 Å². The molecule has 3 rings (SSSR count). The number of pyridine rings is 1. The number of halogens is 1. The van der Waals surface area contributed by atoms with Gasteiger partial charge in [-0.1, -0.05) is 17.7 Å². The molecule has 18 heavy (non-hydrogen) atoms. The zero-order valence-electron chi connectivity index (χ0n) is 9.35. The van der Waals surface area contributed by atoms with Crippen molar-refractivity contribution < 1.29 is 4.79 Å². The highest BCUT2D eigenvalue weighted by Gasteiger charge is 2.23. The normalized spacial score (nSPS) is 15.6. The van der Waals surface area contributed by atoms with Crippen molar-refractivity contribution in [3.05, 3.63) is 58.9 Å². The lowest BCUT2D eigenvalue weighted by Gasteiger charge is -1.99. The second-order valence-corrected chi connectivity index (χ2v) is 4.42. The number of benzene rings is 1. The van der Waals surface area contributed by atoms with Gasteiger partial charge in [0.1, 0.15) is 0 Å². The molecule has 0 spiro atoms. The molecule has 0 saturated carbocycles. The Kier molecular flexibility index (Phi) is 2.61. The summed E-state index contributed by atoms with van der Waals surface area (Å²) in [6.45, 7) is 0. The Labute approximate surface area is 109 Å². The van der Waals surface area contributed by atoms with Crippen LogP contribution in [0.3, 0.4) is 0 Å². The molecule has 2 heterocycles. The molecule has 1 aliphatic heterocycles. The Balaban J connectivity index is 2.12.